The minimum Gasteiger partial charge on any atom is -0.398 e. The van der Waals surface area contributed by atoms with Crippen molar-refractivity contribution in [3.63, 3.8) is 0 Å². The van der Waals surface area contributed by atoms with E-state index in [1.807, 2.05) is 17.0 Å². The maximum Gasteiger partial charge on any atom is 0.219 e. The average molecular weight is 270 g/mol. The molecule has 1 fully saturated rings. The zero-order chi connectivity index (χ0) is 14.1. The molecular weight excluding hydrogens is 252 g/mol. The third-order valence-corrected chi connectivity index (χ3v) is 3.89. The van der Waals surface area contributed by atoms with Gasteiger partial charge in [-0.3, -0.25) is 9.78 Å². The lowest BCUT2D eigenvalue weighted by Crippen LogP contribution is -2.48. The van der Waals surface area contributed by atoms with E-state index >= 15 is 0 Å². The Morgan fingerprint density at radius 3 is 2.60 bits per heavy atom. The molecule has 1 aromatic carbocycles. The maximum atomic E-state index is 11.4. The molecule has 1 aliphatic heterocycles. The van der Waals surface area contributed by atoms with E-state index in [0.717, 1.165) is 42.6 Å². The molecule has 0 radical (unpaired) electrons. The number of nitrogens with two attached hydrogens (primary N) is 1. The van der Waals surface area contributed by atoms with Crippen LogP contribution in [-0.4, -0.2) is 42.0 Å². The molecule has 1 amide bonds. The van der Waals surface area contributed by atoms with Gasteiger partial charge in [0.25, 0.3) is 0 Å². The van der Waals surface area contributed by atoms with Crippen LogP contribution in [0.2, 0.25) is 0 Å². The molecular formula is C15H18N4O. The van der Waals surface area contributed by atoms with Gasteiger partial charge in [0.1, 0.15) is 0 Å². The van der Waals surface area contributed by atoms with Crippen LogP contribution in [0.15, 0.2) is 30.6 Å². The predicted octanol–water partition coefficient (Wildman–Crippen LogP) is 1.49. The van der Waals surface area contributed by atoms with E-state index in [0.29, 0.717) is 0 Å². The van der Waals surface area contributed by atoms with Gasteiger partial charge in [-0.2, -0.15) is 0 Å². The number of carbonyl (C=O) groups excluding carboxylic acids is 1. The molecule has 0 atom stereocenters. The molecule has 1 aromatic heterocycles. The Bertz CT molecular complexity index is 647. The molecule has 2 heterocycles. The maximum absolute atomic E-state index is 11.4. The third-order valence-electron chi connectivity index (χ3n) is 3.89. The summed E-state index contributed by atoms with van der Waals surface area (Å²) < 4.78 is 0. The van der Waals surface area contributed by atoms with Crippen LogP contribution in [-0.2, 0) is 4.79 Å². The number of anilines is 2. The molecule has 0 spiro atoms. The smallest absolute Gasteiger partial charge is 0.219 e. The molecule has 1 saturated heterocycles. The predicted molar refractivity (Wildman–Crippen MR) is 80.6 cm³/mol. The molecule has 1 aliphatic rings. The van der Waals surface area contributed by atoms with Gasteiger partial charge in [-0.05, 0) is 18.2 Å². The van der Waals surface area contributed by atoms with E-state index in [9.17, 15) is 4.79 Å². The van der Waals surface area contributed by atoms with Crippen LogP contribution in [0.3, 0.4) is 0 Å². The van der Waals surface area contributed by atoms with Crippen molar-refractivity contribution in [3.05, 3.63) is 30.6 Å². The van der Waals surface area contributed by atoms with Gasteiger partial charge in [0, 0.05) is 67.6 Å². The van der Waals surface area contributed by atoms with Gasteiger partial charge < -0.3 is 15.5 Å². The summed E-state index contributed by atoms with van der Waals surface area (Å²) in [5.41, 5.74) is 7.92. The molecule has 20 heavy (non-hydrogen) atoms. The van der Waals surface area contributed by atoms with Crippen molar-refractivity contribution >= 4 is 28.1 Å². The Balaban J connectivity index is 1.92. The first-order valence-corrected chi connectivity index (χ1v) is 6.79. The summed E-state index contributed by atoms with van der Waals surface area (Å²) in [5.74, 6) is 0.149. The molecule has 5 nitrogen and oxygen atoms in total. The topological polar surface area (TPSA) is 62.5 Å². The number of amides is 1. The highest BCUT2D eigenvalue weighted by atomic mass is 16.2. The molecule has 0 aliphatic carbocycles. The molecule has 5 heteroatoms. The van der Waals surface area contributed by atoms with Crippen molar-refractivity contribution < 1.29 is 4.79 Å². The van der Waals surface area contributed by atoms with E-state index in [4.69, 9.17) is 5.73 Å². The van der Waals surface area contributed by atoms with Crippen LogP contribution in [0.25, 0.3) is 10.8 Å². The number of hydrogen-bond acceptors (Lipinski definition) is 4. The average Bonchev–Trinajstić information content (AvgIpc) is 2.48. The summed E-state index contributed by atoms with van der Waals surface area (Å²) in [6, 6.07) is 5.98. The van der Waals surface area contributed by atoms with Crippen LogP contribution in [0.1, 0.15) is 6.92 Å². The van der Waals surface area contributed by atoms with Crippen molar-refractivity contribution in [3.8, 4) is 0 Å². The van der Waals surface area contributed by atoms with Crippen LogP contribution in [0.5, 0.6) is 0 Å². The van der Waals surface area contributed by atoms with Crippen molar-refractivity contribution in [2.45, 2.75) is 6.92 Å². The highest BCUT2D eigenvalue weighted by molar-refractivity contribution is 6.00. The highest BCUT2D eigenvalue weighted by Crippen LogP contribution is 2.30. The summed E-state index contributed by atoms with van der Waals surface area (Å²) >= 11 is 0. The third kappa shape index (κ3) is 2.15. The van der Waals surface area contributed by atoms with Crippen molar-refractivity contribution in [1.82, 2.24) is 9.88 Å². The number of pyridine rings is 1. The van der Waals surface area contributed by atoms with Gasteiger partial charge in [0.2, 0.25) is 5.91 Å². The fraction of sp³-hybridized carbons (Fsp3) is 0.333. The number of piperazine rings is 1. The van der Waals surface area contributed by atoms with E-state index in [-0.39, 0.29) is 5.91 Å². The van der Waals surface area contributed by atoms with Gasteiger partial charge in [-0.25, -0.2) is 0 Å². The van der Waals surface area contributed by atoms with Gasteiger partial charge in [0.15, 0.2) is 0 Å². The molecule has 0 bridgehead atoms. The highest BCUT2D eigenvalue weighted by Gasteiger charge is 2.20. The number of benzene rings is 1. The lowest BCUT2D eigenvalue weighted by atomic mass is 10.1. The Hall–Kier alpha value is -2.30. The van der Waals surface area contributed by atoms with Gasteiger partial charge >= 0.3 is 0 Å². The van der Waals surface area contributed by atoms with E-state index in [2.05, 4.69) is 16.0 Å². The minimum absolute atomic E-state index is 0.149. The summed E-state index contributed by atoms with van der Waals surface area (Å²) in [6.07, 6.45) is 3.59. The number of carbonyl (C=O) groups is 1. The summed E-state index contributed by atoms with van der Waals surface area (Å²) in [6.45, 7) is 4.86. The van der Waals surface area contributed by atoms with E-state index in [1.165, 1.54) is 5.69 Å². The Morgan fingerprint density at radius 2 is 1.90 bits per heavy atom. The number of aromatic nitrogens is 1. The molecule has 2 aromatic rings. The molecule has 0 saturated carbocycles. The lowest BCUT2D eigenvalue weighted by molar-refractivity contribution is -0.129. The van der Waals surface area contributed by atoms with Crippen molar-refractivity contribution in [2.75, 3.05) is 36.8 Å². The summed E-state index contributed by atoms with van der Waals surface area (Å²) in [4.78, 5) is 19.7. The SMILES string of the molecule is CC(=O)N1CCN(c2ccc(N)c3cnccc23)CC1. The van der Waals surface area contributed by atoms with Gasteiger partial charge in [-0.1, -0.05) is 0 Å². The summed E-state index contributed by atoms with van der Waals surface area (Å²) in [5, 5.41) is 2.11. The monoisotopic (exact) mass is 270 g/mol. The lowest BCUT2D eigenvalue weighted by Gasteiger charge is -2.36. The zero-order valence-corrected chi connectivity index (χ0v) is 11.5. The second kappa shape index (κ2) is 5.00. The summed E-state index contributed by atoms with van der Waals surface area (Å²) in [7, 11) is 0. The standard InChI is InChI=1S/C15H18N4O/c1-11(20)18-6-8-19(9-7-18)15-3-2-14(16)13-10-17-5-4-12(13)15/h2-5,10H,6-9,16H2,1H3. The minimum atomic E-state index is 0.149. The van der Waals surface area contributed by atoms with Crippen LogP contribution in [0.4, 0.5) is 11.4 Å². The fourth-order valence-electron chi connectivity index (χ4n) is 2.73. The second-order valence-corrected chi connectivity index (χ2v) is 5.09. The number of rotatable bonds is 1. The zero-order valence-electron chi connectivity index (χ0n) is 11.5. The first kappa shape index (κ1) is 12.7. The Morgan fingerprint density at radius 1 is 1.15 bits per heavy atom. The Kier molecular flexibility index (Phi) is 3.18. The van der Waals surface area contributed by atoms with Crippen LogP contribution in [0, 0.1) is 0 Å². The van der Waals surface area contributed by atoms with Gasteiger partial charge in [-0.15, -0.1) is 0 Å². The van der Waals surface area contributed by atoms with Gasteiger partial charge in [0.05, 0.1) is 0 Å². The number of nitrogen functional groups attached to an aromatic ring is 1. The van der Waals surface area contributed by atoms with E-state index in [1.54, 1.807) is 19.3 Å². The number of hydrogen-bond donors (Lipinski definition) is 1. The number of nitrogens with zero attached hydrogens (tertiary/aromatic N) is 3. The quantitative estimate of drug-likeness (QED) is 0.797. The van der Waals surface area contributed by atoms with Crippen LogP contribution >= 0.6 is 0 Å². The first-order valence-electron chi connectivity index (χ1n) is 6.79. The van der Waals surface area contributed by atoms with Crippen molar-refractivity contribution in [2.24, 2.45) is 0 Å². The molecule has 3 rings (SSSR count). The number of fused-ring (bicyclic) bond motifs is 1. The van der Waals surface area contributed by atoms with E-state index < -0.39 is 0 Å². The van der Waals surface area contributed by atoms with Crippen LogP contribution < -0.4 is 10.6 Å². The molecule has 104 valence electrons. The largest absolute Gasteiger partial charge is 0.398 e. The normalized spacial score (nSPS) is 15.7. The molecule has 0 unspecified atom stereocenters. The second-order valence-electron chi connectivity index (χ2n) is 5.09. The Labute approximate surface area is 118 Å². The molecule has 2 N–H and O–H groups in total. The van der Waals surface area contributed by atoms with Crippen molar-refractivity contribution in [1.29, 1.82) is 0 Å². The first-order chi connectivity index (χ1) is 9.66. The fourth-order valence-corrected chi connectivity index (χ4v) is 2.73.